The Morgan fingerprint density at radius 3 is 2.55 bits per heavy atom. The molecule has 11 heavy (non-hydrogen) atoms. The van der Waals surface area contributed by atoms with Crippen LogP contribution in [0.15, 0.2) is 0 Å². The molecular weight excluding hydrogens is 138 g/mol. The van der Waals surface area contributed by atoms with Crippen molar-refractivity contribution in [2.24, 2.45) is 0 Å². The average Bonchev–Trinajstić information content (AvgIpc) is 1.96. The van der Waals surface area contributed by atoms with Gasteiger partial charge in [0.05, 0.1) is 6.10 Å². The Morgan fingerprint density at radius 1 is 1.27 bits per heavy atom. The number of aliphatic hydroxyl groups is 1. The van der Waals surface area contributed by atoms with Crippen LogP contribution < -0.4 is 5.32 Å². The highest BCUT2D eigenvalue weighted by molar-refractivity contribution is 4.52. The Morgan fingerprint density at radius 2 is 2.00 bits per heavy atom. The van der Waals surface area contributed by atoms with Gasteiger partial charge in [0.1, 0.15) is 0 Å². The van der Waals surface area contributed by atoms with Gasteiger partial charge in [-0.2, -0.15) is 0 Å². The van der Waals surface area contributed by atoms with Gasteiger partial charge in [-0.15, -0.1) is 0 Å². The van der Waals surface area contributed by atoms with E-state index in [-0.39, 0.29) is 6.10 Å². The Labute approximate surface area is 70.0 Å². The van der Waals surface area contributed by atoms with E-state index in [4.69, 9.17) is 5.11 Å². The maximum atomic E-state index is 8.89. The van der Waals surface area contributed by atoms with Crippen molar-refractivity contribution in [2.45, 2.75) is 45.6 Å². The van der Waals surface area contributed by atoms with Crippen molar-refractivity contribution in [3.63, 3.8) is 0 Å². The first-order valence-corrected chi connectivity index (χ1v) is 4.66. The first-order valence-electron chi connectivity index (χ1n) is 4.66. The minimum atomic E-state index is -0.207. The van der Waals surface area contributed by atoms with E-state index in [1.165, 1.54) is 25.7 Å². The molecule has 1 atom stereocenters. The predicted octanol–water partition coefficient (Wildman–Crippen LogP) is 1.54. The largest absolute Gasteiger partial charge is 0.392 e. The highest BCUT2D eigenvalue weighted by Gasteiger charge is 1.92. The van der Waals surface area contributed by atoms with Crippen molar-refractivity contribution in [1.82, 2.24) is 5.32 Å². The Balaban J connectivity index is 2.80. The molecule has 0 saturated heterocycles. The van der Waals surface area contributed by atoms with E-state index in [0.717, 1.165) is 13.1 Å². The molecule has 0 aliphatic rings. The fraction of sp³-hybridized carbons (Fsp3) is 1.00. The molecule has 0 aliphatic heterocycles. The quantitative estimate of drug-likeness (QED) is 0.552. The highest BCUT2D eigenvalue weighted by Crippen LogP contribution is 1.96. The predicted molar refractivity (Wildman–Crippen MR) is 48.7 cm³/mol. The van der Waals surface area contributed by atoms with Crippen LogP contribution in [-0.2, 0) is 0 Å². The van der Waals surface area contributed by atoms with E-state index in [0.29, 0.717) is 0 Å². The molecule has 2 nitrogen and oxygen atoms in total. The van der Waals surface area contributed by atoms with Gasteiger partial charge in [-0.05, 0) is 19.9 Å². The van der Waals surface area contributed by atoms with E-state index in [1.807, 2.05) is 0 Å². The SMILES string of the molecule is CCCCCCNCC(C)O. The van der Waals surface area contributed by atoms with Crippen LogP contribution in [0.2, 0.25) is 0 Å². The second kappa shape index (κ2) is 8.02. The Bertz CT molecular complexity index is 74.0. The van der Waals surface area contributed by atoms with Crippen LogP contribution in [0.5, 0.6) is 0 Å². The van der Waals surface area contributed by atoms with Crippen molar-refractivity contribution >= 4 is 0 Å². The number of rotatable bonds is 7. The Kier molecular flexibility index (Phi) is 7.96. The summed E-state index contributed by atoms with van der Waals surface area (Å²) >= 11 is 0. The average molecular weight is 159 g/mol. The number of hydrogen-bond acceptors (Lipinski definition) is 2. The van der Waals surface area contributed by atoms with E-state index < -0.39 is 0 Å². The maximum absolute atomic E-state index is 8.89. The second-order valence-corrected chi connectivity index (χ2v) is 3.11. The zero-order valence-electron chi connectivity index (χ0n) is 7.77. The first-order chi connectivity index (χ1) is 5.27. The van der Waals surface area contributed by atoms with Gasteiger partial charge >= 0.3 is 0 Å². The van der Waals surface area contributed by atoms with E-state index in [1.54, 1.807) is 6.92 Å². The zero-order chi connectivity index (χ0) is 8.53. The van der Waals surface area contributed by atoms with E-state index in [2.05, 4.69) is 12.2 Å². The summed E-state index contributed by atoms with van der Waals surface area (Å²) in [6, 6.07) is 0. The number of nitrogens with one attached hydrogen (secondary N) is 1. The molecule has 0 aromatic carbocycles. The van der Waals surface area contributed by atoms with Crippen molar-refractivity contribution in [3.05, 3.63) is 0 Å². The molecule has 0 rings (SSSR count). The van der Waals surface area contributed by atoms with Gasteiger partial charge in [0, 0.05) is 6.54 Å². The molecule has 0 heterocycles. The molecule has 0 bridgehead atoms. The molecule has 0 aliphatic carbocycles. The molecule has 2 N–H and O–H groups in total. The minimum Gasteiger partial charge on any atom is -0.392 e. The molecule has 1 unspecified atom stereocenters. The molecule has 0 aromatic heterocycles. The van der Waals surface area contributed by atoms with Gasteiger partial charge in [-0.1, -0.05) is 26.2 Å². The lowest BCUT2D eigenvalue weighted by atomic mass is 10.2. The van der Waals surface area contributed by atoms with Gasteiger partial charge < -0.3 is 10.4 Å². The van der Waals surface area contributed by atoms with E-state index >= 15 is 0 Å². The molecule has 0 radical (unpaired) electrons. The van der Waals surface area contributed by atoms with Crippen molar-refractivity contribution in [3.8, 4) is 0 Å². The zero-order valence-corrected chi connectivity index (χ0v) is 7.77. The molecule has 0 amide bonds. The smallest absolute Gasteiger partial charge is 0.0636 e. The van der Waals surface area contributed by atoms with Crippen LogP contribution >= 0.6 is 0 Å². The van der Waals surface area contributed by atoms with Gasteiger partial charge in [-0.3, -0.25) is 0 Å². The van der Waals surface area contributed by atoms with Crippen molar-refractivity contribution in [1.29, 1.82) is 0 Å². The number of aliphatic hydroxyl groups excluding tert-OH is 1. The van der Waals surface area contributed by atoms with Gasteiger partial charge in [-0.25, -0.2) is 0 Å². The third kappa shape index (κ3) is 9.92. The van der Waals surface area contributed by atoms with Gasteiger partial charge in [0.25, 0.3) is 0 Å². The highest BCUT2D eigenvalue weighted by atomic mass is 16.3. The summed E-state index contributed by atoms with van der Waals surface area (Å²) in [5.74, 6) is 0. The first kappa shape index (κ1) is 10.9. The van der Waals surface area contributed by atoms with Crippen LogP contribution in [0.25, 0.3) is 0 Å². The molecule has 0 spiro atoms. The summed E-state index contributed by atoms with van der Waals surface area (Å²) in [4.78, 5) is 0. The van der Waals surface area contributed by atoms with Gasteiger partial charge in [0.15, 0.2) is 0 Å². The second-order valence-electron chi connectivity index (χ2n) is 3.11. The van der Waals surface area contributed by atoms with Crippen LogP contribution in [0.1, 0.15) is 39.5 Å². The summed E-state index contributed by atoms with van der Waals surface area (Å²) < 4.78 is 0. The molecule has 0 aromatic rings. The molecule has 0 fully saturated rings. The summed E-state index contributed by atoms with van der Waals surface area (Å²) in [6.07, 6.45) is 4.96. The number of unbranched alkanes of at least 4 members (excludes halogenated alkanes) is 3. The monoisotopic (exact) mass is 159 g/mol. The molecule has 0 saturated carbocycles. The standard InChI is InChI=1S/C9H21NO/c1-3-4-5-6-7-10-8-9(2)11/h9-11H,3-8H2,1-2H3. The van der Waals surface area contributed by atoms with Crippen LogP contribution in [0.4, 0.5) is 0 Å². The van der Waals surface area contributed by atoms with Crippen molar-refractivity contribution in [2.75, 3.05) is 13.1 Å². The minimum absolute atomic E-state index is 0.207. The lowest BCUT2D eigenvalue weighted by Crippen LogP contribution is -2.25. The number of hydrogen-bond donors (Lipinski definition) is 2. The molecule has 68 valence electrons. The molecule has 2 heteroatoms. The molecular formula is C9H21NO. The van der Waals surface area contributed by atoms with Gasteiger partial charge in [0.2, 0.25) is 0 Å². The fourth-order valence-electron chi connectivity index (χ4n) is 0.988. The van der Waals surface area contributed by atoms with Crippen LogP contribution in [-0.4, -0.2) is 24.3 Å². The third-order valence-electron chi connectivity index (χ3n) is 1.65. The van der Waals surface area contributed by atoms with Crippen molar-refractivity contribution < 1.29 is 5.11 Å². The Hall–Kier alpha value is -0.0800. The lowest BCUT2D eigenvalue weighted by molar-refractivity contribution is 0.191. The summed E-state index contributed by atoms with van der Waals surface area (Å²) in [5, 5.41) is 12.1. The van der Waals surface area contributed by atoms with E-state index in [9.17, 15) is 0 Å². The fourth-order valence-corrected chi connectivity index (χ4v) is 0.988. The summed E-state index contributed by atoms with van der Waals surface area (Å²) in [6.45, 7) is 5.79. The topological polar surface area (TPSA) is 32.3 Å². The lowest BCUT2D eigenvalue weighted by Gasteiger charge is -2.05. The summed E-state index contributed by atoms with van der Waals surface area (Å²) in [7, 11) is 0. The van der Waals surface area contributed by atoms with Crippen LogP contribution in [0, 0.1) is 0 Å². The normalized spacial score (nSPS) is 13.4. The third-order valence-corrected chi connectivity index (χ3v) is 1.65. The maximum Gasteiger partial charge on any atom is 0.0636 e. The van der Waals surface area contributed by atoms with Crippen LogP contribution in [0.3, 0.4) is 0 Å². The summed E-state index contributed by atoms with van der Waals surface area (Å²) in [5.41, 5.74) is 0.